The van der Waals surface area contributed by atoms with Gasteiger partial charge in [0, 0.05) is 12.6 Å². The Labute approximate surface area is 79.3 Å². The molecule has 1 aromatic rings. The van der Waals surface area contributed by atoms with Crippen LogP contribution in [0.25, 0.3) is 0 Å². The molecular formula is C10H8F3N. The van der Waals surface area contributed by atoms with Gasteiger partial charge in [0.1, 0.15) is 6.04 Å². The molecule has 0 radical (unpaired) electrons. The molecule has 0 saturated carbocycles. The van der Waals surface area contributed by atoms with E-state index in [1.807, 2.05) is 0 Å². The Morgan fingerprint density at radius 2 is 1.93 bits per heavy atom. The summed E-state index contributed by atoms with van der Waals surface area (Å²) in [6.45, 7) is 0. The predicted molar refractivity (Wildman–Crippen MR) is 47.6 cm³/mol. The number of hydrogen-bond donors (Lipinski definition) is 0. The average molecular weight is 199 g/mol. The Morgan fingerprint density at radius 1 is 1.21 bits per heavy atom. The van der Waals surface area contributed by atoms with E-state index >= 15 is 0 Å². The zero-order chi connectivity index (χ0) is 10.2. The van der Waals surface area contributed by atoms with Crippen molar-refractivity contribution in [3.63, 3.8) is 0 Å². The molecule has 0 spiro atoms. The molecule has 4 heteroatoms. The van der Waals surface area contributed by atoms with Crippen LogP contribution in [0.3, 0.4) is 0 Å². The van der Waals surface area contributed by atoms with Gasteiger partial charge in [-0.2, -0.15) is 13.2 Å². The second-order valence-corrected chi connectivity index (χ2v) is 3.24. The van der Waals surface area contributed by atoms with Crippen molar-refractivity contribution in [3.05, 3.63) is 35.4 Å². The smallest absolute Gasteiger partial charge is 0.279 e. The summed E-state index contributed by atoms with van der Waals surface area (Å²) in [4.78, 5) is 3.49. The minimum Gasteiger partial charge on any atom is -0.279 e. The number of halogens is 3. The monoisotopic (exact) mass is 199 g/mol. The highest BCUT2D eigenvalue weighted by molar-refractivity contribution is 5.83. The lowest BCUT2D eigenvalue weighted by Gasteiger charge is -2.20. The number of rotatable bonds is 0. The lowest BCUT2D eigenvalue weighted by Crippen LogP contribution is -2.31. The number of alkyl halides is 3. The van der Waals surface area contributed by atoms with Crippen LogP contribution in [-0.2, 0) is 6.42 Å². The summed E-state index contributed by atoms with van der Waals surface area (Å²) in [6, 6.07) is 5.44. The first-order chi connectivity index (χ1) is 6.57. The van der Waals surface area contributed by atoms with E-state index < -0.39 is 12.2 Å². The summed E-state index contributed by atoms with van der Waals surface area (Å²) in [5.41, 5.74) is 1.50. The van der Waals surface area contributed by atoms with Gasteiger partial charge in [0.2, 0.25) is 0 Å². The van der Waals surface area contributed by atoms with E-state index in [4.69, 9.17) is 0 Å². The Morgan fingerprint density at radius 3 is 2.64 bits per heavy atom. The van der Waals surface area contributed by atoms with Crippen molar-refractivity contribution in [2.45, 2.75) is 18.6 Å². The van der Waals surface area contributed by atoms with E-state index in [0.29, 0.717) is 5.56 Å². The highest BCUT2D eigenvalue weighted by atomic mass is 19.4. The Kier molecular flexibility index (Phi) is 2.06. The number of fused-ring (bicyclic) bond motifs is 1. The van der Waals surface area contributed by atoms with Crippen LogP contribution in [0.15, 0.2) is 29.3 Å². The zero-order valence-electron chi connectivity index (χ0n) is 7.25. The van der Waals surface area contributed by atoms with E-state index in [9.17, 15) is 13.2 Å². The number of benzene rings is 1. The molecule has 0 amide bonds. The van der Waals surface area contributed by atoms with Gasteiger partial charge < -0.3 is 0 Å². The number of nitrogens with zero attached hydrogens (tertiary/aromatic N) is 1. The van der Waals surface area contributed by atoms with Crippen molar-refractivity contribution in [3.8, 4) is 0 Å². The molecule has 1 nitrogen and oxygen atoms in total. The minimum absolute atomic E-state index is 0.0455. The largest absolute Gasteiger partial charge is 0.411 e. The van der Waals surface area contributed by atoms with Crippen LogP contribution in [0.5, 0.6) is 0 Å². The molecule has 0 aliphatic carbocycles. The molecule has 0 N–H and O–H groups in total. The molecule has 1 atom stereocenters. The van der Waals surface area contributed by atoms with Gasteiger partial charge in [0.15, 0.2) is 0 Å². The summed E-state index contributed by atoms with van der Waals surface area (Å²) in [7, 11) is 0. The first kappa shape index (κ1) is 9.24. The number of aliphatic imine (C=N–C) groups is 1. The summed E-state index contributed by atoms with van der Waals surface area (Å²) in [6.07, 6.45) is -2.98. The molecule has 2 rings (SSSR count). The maximum Gasteiger partial charge on any atom is 0.411 e. The van der Waals surface area contributed by atoms with Gasteiger partial charge in [-0.3, -0.25) is 4.99 Å². The lowest BCUT2D eigenvalue weighted by atomic mass is 9.98. The fourth-order valence-corrected chi connectivity index (χ4v) is 1.48. The Bertz CT molecular complexity index is 368. The van der Waals surface area contributed by atoms with Crippen molar-refractivity contribution in [2.75, 3.05) is 0 Å². The van der Waals surface area contributed by atoms with Crippen LogP contribution >= 0.6 is 0 Å². The van der Waals surface area contributed by atoms with Crippen LogP contribution < -0.4 is 0 Å². The fraction of sp³-hybridized carbons (Fsp3) is 0.300. The van der Waals surface area contributed by atoms with Gasteiger partial charge >= 0.3 is 6.18 Å². The Hall–Kier alpha value is -1.32. The summed E-state index contributed by atoms with van der Waals surface area (Å²) < 4.78 is 37.0. The van der Waals surface area contributed by atoms with E-state index in [-0.39, 0.29) is 6.42 Å². The molecule has 0 fully saturated rings. The van der Waals surface area contributed by atoms with Crippen molar-refractivity contribution in [1.82, 2.24) is 0 Å². The molecule has 1 aliphatic rings. The second kappa shape index (κ2) is 3.12. The second-order valence-electron chi connectivity index (χ2n) is 3.24. The normalized spacial score (nSPS) is 20.6. The number of hydrogen-bond acceptors (Lipinski definition) is 1. The van der Waals surface area contributed by atoms with Gasteiger partial charge in [0.25, 0.3) is 0 Å². The molecule has 74 valence electrons. The highest BCUT2D eigenvalue weighted by Crippen LogP contribution is 2.28. The third-order valence-corrected chi connectivity index (χ3v) is 2.24. The van der Waals surface area contributed by atoms with Crippen LogP contribution in [-0.4, -0.2) is 18.4 Å². The maximum absolute atomic E-state index is 12.3. The Balaban J connectivity index is 2.30. The summed E-state index contributed by atoms with van der Waals surface area (Å²) >= 11 is 0. The third-order valence-electron chi connectivity index (χ3n) is 2.24. The molecule has 1 heterocycles. The van der Waals surface area contributed by atoms with Gasteiger partial charge in [-0.15, -0.1) is 0 Å². The summed E-state index contributed by atoms with van der Waals surface area (Å²) in [5, 5.41) is 0. The van der Waals surface area contributed by atoms with Crippen LogP contribution in [0.1, 0.15) is 11.1 Å². The minimum atomic E-state index is -4.23. The van der Waals surface area contributed by atoms with E-state index in [2.05, 4.69) is 4.99 Å². The molecule has 14 heavy (non-hydrogen) atoms. The molecule has 1 aliphatic heterocycles. The molecule has 0 bridgehead atoms. The van der Waals surface area contributed by atoms with Gasteiger partial charge in [-0.05, 0) is 11.1 Å². The topological polar surface area (TPSA) is 12.4 Å². The van der Waals surface area contributed by atoms with Gasteiger partial charge in [-0.25, -0.2) is 0 Å². The highest BCUT2D eigenvalue weighted by Gasteiger charge is 2.40. The lowest BCUT2D eigenvalue weighted by molar-refractivity contribution is -0.146. The summed E-state index contributed by atoms with van der Waals surface area (Å²) in [5.74, 6) is 0. The standard InChI is InChI=1S/C10H8F3N/c11-10(12,13)9-5-7-3-1-2-4-8(7)6-14-9/h1-4,6,9H,5H2. The average Bonchev–Trinajstić information content (AvgIpc) is 2.16. The predicted octanol–water partition coefficient (Wildman–Crippen LogP) is 2.59. The fourth-order valence-electron chi connectivity index (χ4n) is 1.48. The molecule has 0 aromatic heterocycles. The van der Waals surface area contributed by atoms with Gasteiger partial charge in [-0.1, -0.05) is 24.3 Å². The van der Waals surface area contributed by atoms with E-state index in [1.54, 1.807) is 24.3 Å². The molecule has 0 saturated heterocycles. The first-order valence-corrected chi connectivity index (χ1v) is 4.25. The SMILES string of the molecule is FC(F)(F)C1Cc2ccccc2C=N1. The van der Waals surface area contributed by atoms with E-state index in [0.717, 1.165) is 5.56 Å². The van der Waals surface area contributed by atoms with Gasteiger partial charge in [0.05, 0.1) is 0 Å². The van der Waals surface area contributed by atoms with Crippen LogP contribution in [0.4, 0.5) is 13.2 Å². The first-order valence-electron chi connectivity index (χ1n) is 4.25. The van der Waals surface area contributed by atoms with Crippen LogP contribution in [0.2, 0.25) is 0 Å². The zero-order valence-corrected chi connectivity index (χ0v) is 7.25. The molecular weight excluding hydrogens is 191 g/mol. The quantitative estimate of drug-likeness (QED) is 0.609. The van der Waals surface area contributed by atoms with E-state index in [1.165, 1.54) is 6.21 Å². The molecule has 1 unspecified atom stereocenters. The van der Waals surface area contributed by atoms with Crippen molar-refractivity contribution < 1.29 is 13.2 Å². The van der Waals surface area contributed by atoms with Crippen molar-refractivity contribution >= 4 is 6.21 Å². The third kappa shape index (κ3) is 1.64. The van der Waals surface area contributed by atoms with Crippen molar-refractivity contribution in [2.24, 2.45) is 4.99 Å². The van der Waals surface area contributed by atoms with Crippen molar-refractivity contribution in [1.29, 1.82) is 0 Å². The van der Waals surface area contributed by atoms with Crippen LogP contribution in [0, 0.1) is 0 Å². The maximum atomic E-state index is 12.3. The molecule has 1 aromatic carbocycles.